The third-order valence-electron chi connectivity index (χ3n) is 4.56. The molecule has 1 aliphatic heterocycles. The summed E-state index contributed by atoms with van der Waals surface area (Å²) in [5.74, 6) is -1.07. The molecule has 27 heavy (non-hydrogen) atoms. The molecule has 0 amide bonds. The Morgan fingerprint density at radius 1 is 1.04 bits per heavy atom. The van der Waals surface area contributed by atoms with E-state index in [1.807, 2.05) is 51.1 Å². The van der Waals surface area contributed by atoms with Gasteiger partial charge in [0, 0.05) is 24.7 Å². The van der Waals surface area contributed by atoms with Crippen LogP contribution in [0.4, 0.5) is 0 Å². The lowest BCUT2D eigenvalue weighted by Crippen LogP contribution is -2.36. The topological polar surface area (TPSA) is 65.0 Å². The zero-order valence-electron chi connectivity index (χ0n) is 15.8. The van der Waals surface area contributed by atoms with Crippen LogP contribution >= 0.6 is 0 Å². The zero-order chi connectivity index (χ0) is 19.7. The van der Waals surface area contributed by atoms with Gasteiger partial charge in [0.1, 0.15) is 0 Å². The van der Waals surface area contributed by atoms with Crippen molar-refractivity contribution < 1.29 is 17.9 Å². The summed E-state index contributed by atoms with van der Waals surface area (Å²) in [6, 6.07) is 16.0. The quantitative estimate of drug-likeness (QED) is 0.774. The number of rotatable bonds is 5. The molecule has 0 aromatic heterocycles. The molecule has 0 fully saturated rings. The van der Waals surface area contributed by atoms with Crippen molar-refractivity contribution in [3.63, 3.8) is 0 Å². The van der Waals surface area contributed by atoms with Crippen LogP contribution in [0.5, 0.6) is 0 Å². The first kappa shape index (κ1) is 19.3. The number of benzene rings is 2. The first-order valence-electron chi connectivity index (χ1n) is 8.72. The van der Waals surface area contributed by atoms with Crippen molar-refractivity contribution in [2.75, 3.05) is 7.11 Å². The molecular weight excluding hydrogens is 362 g/mol. The van der Waals surface area contributed by atoms with Gasteiger partial charge in [-0.1, -0.05) is 61.9 Å². The van der Waals surface area contributed by atoms with Gasteiger partial charge in [-0.05, 0) is 24.6 Å². The van der Waals surface area contributed by atoms with Gasteiger partial charge in [-0.2, -0.15) is 8.42 Å². The molecule has 0 bridgehead atoms. The van der Waals surface area contributed by atoms with Crippen molar-refractivity contribution in [3.05, 3.63) is 71.8 Å². The predicted molar refractivity (Wildman–Crippen MR) is 106 cm³/mol. The van der Waals surface area contributed by atoms with Crippen LogP contribution in [0.25, 0.3) is 5.57 Å². The van der Waals surface area contributed by atoms with E-state index in [1.165, 1.54) is 7.11 Å². The second-order valence-corrected chi connectivity index (χ2v) is 8.39. The molecule has 1 aliphatic rings. The molecule has 3 rings (SSSR count). The van der Waals surface area contributed by atoms with Crippen molar-refractivity contribution in [2.24, 2.45) is 10.3 Å². The van der Waals surface area contributed by atoms with Crippen LogP contribution in [0.3, 0.4) is 0 Å². The Bertz CT molecular complexity index is 977. The number of hydrogen-bond acceptors (Lipinski definition) is 4. The average Bonchev–Trinajstić information content (AvgIpc) is 3.02. The van der Waals surface area contributed by atoms with Gasteiger partial charge in [0.25, 0.3) is 10.0 Å². The van der Waals surface area contributed by atoms with Crippen molar-refractivity contribution in [1.29, 1.82) is 0 Å². The Morgan fingerprint density at radius 3 is 2.22 bits per heavy atom. The molecule has 2 aromatic carbocycles. The van der Waals surface area contributed by atoms with Crippen LogP contribution in [-0.4, -0.2) is 27.2 Å². The SMILES string of the molecule is COC1(C(C)C)C=C(c2ccccc2)/C(=N/S(=O)(=O)c2ccc(C)cc2)O1. The van der Waals surface area contributed by atoms with E-state index in [1.54, 1.807) is 30.3 Å². The van der Waals surface area contributed by atoms with Crippen molar-refractivity contribution in [1.82, 2.24) is 0 Å². The summed E-state index contributed by atoms with van der Waals surface area (Å²) in [5, 5.41) is 0. The molecule has 0 radical (unpaired) electrons. The second kappa shape index (κ2) is 7.29. The van der Waals surface area contributed by atoms with Crippen molar-refractivity contribution in [3.8, 4) is 0 Å². The highest BCUT2D eigenvalue weighted by Gasteiger charge is 2.43. The summed E-state index contributed by atoms with van der Waals surface area (Å²) in [4.78, 5) is 0.121. The third kappa shape index (κ3) is 3.82. The van der Waals surface area contributed by atoms with E-state index < -0.39 is 15.8 Å². The fourth-order valence-electron chi connectivity index (χ4n) is 2.88. The lowest BCUT2D eigenvalue weighted by Gasteiger charge is -2.29. The Labute approximate surface area is 160 Å². The van der Waals surface area contributed by atoms with Gasteiger partial charge in [-0.25, -0.2) is 0 Å². The maximum atomic E-state index is 12.8. The minimum Gasteiger partial charge on any atom is -0.440 e. The van der Waals surface area contributed by atoms with E-state index in [2.05, 4.69) is 4.40 Å². The lowest BCUT2D eigenvalue weighted by molar-refractivity contribution is -0.157. The Balaban J connectivity index is 2.11. The first-order valence-corrected chi connectivity index (χ1v) is 10.2. The maximum Gasteiger partial charge on any atom is 0.285 e. The summed E-state index contributed by atoms with van der Waals surface area (Å²) >= 11 is 0. The number of sulfonamides is 1. The van der Waals surface area contributed by atoms with Gasteiger partial charge in [0.05, 0.1) is 4.90 Å². The van der Waals surface area contributed by atoms with E-state index in [0.29, 0.717) is 5.57 Å². The third-order valence-corrected chi connectivity index (χ3v) is 5.84. The van der Waals surface area contributed by atoms with E-state index in [4.69, 9.17) is 9.47 Å². The second-order valence-electron chi connectivity index (χ2n) is 6.79. The summed E-state index contributed by atoms with van der Waals surface area (Å²) in [6.07, 6.45) is 1.80. The molecule has 142 valence electrons. The summed E-state index contributed by atoms with van der Waals surface area (Å²) < 4.78 is 41.2. The first-order chi connectivity index (χ1) is 12.8. The fourth-order valence-corrected chi connectivity index (χ4v) is 3.82. The monoisotopic (exact) mass is 385 g/mol. The molecule has 0 saturated carbocycles. The molecular formula is C21H23NO4S. The highest BCUT2D eigenvalue weighted by molar-refractivity contribution is 7.90. The highest BCUT2D eigenvalue weighted by Crippen LogP contribution is 2.38. The predicted octanol–water partition coefficient (Wildman–Crippen LogP) is 4.19. The van der Waals surface area contributed by atoms with Gasteiger partial charge in [0.2, 0.25) is 11.7 Å². The molecule has 0 aliphatic carbocycles. The van der Waals surface area contributed by atoms with Crippen molar-refractivity contribution in [2.45, 2.75) is 31.5 Å². The molecule has 1 unspecified atom stereocenters. The van der Waals surface area contributed by atoms with E-state index >= 15 is 0 Å². The zero-order valence-corrected chi connectivity index (χ0v) is 16.7. The van der Waals surface area contributed by atoms with Crippen LogP contribution in [0, 0.1) is 12.8 Å². The van der Waals surface area contributed by atoms with Crippen LogP contribution in [0.1, 0.15) is 25.0 Å². The van der Waals surface area contributed by atoms with E-state index in [9.17, 15) is 8.42 Å². The summed E-state index contributed by atoms with van der Waals surface area (Å²) in [7, 11) is -2.38. The highest BCUT2D eigenvalue weighted by atomic mass is 32.2. The van der Waals surface area contributed by atoms with Gasteiger partial charge in [-0.15, -0.1) is 4.40 Å². The standard InChI is InChI=1S/C21H23NO4S/c1-15(2)21(25-4)14-19(17-8-6-5-7-9-17)20(26-21)22-27(23,24)18-12-10-16(3)11-13-18/h5-15H,1-4H3/b22-20-. The lowest BCUT2D eigenvalue weighted by atomic mass is 9.99. The van der Waals surface area contributed by atoms with Crippen molar-refractivity contribution >= 4 is 21.5 Å². The van der Waals surface area contributed by atoms with Gasteiger partial charge < -0.3 is 9.47 Å². The summed E-state index contributed by atoms with van der Waals surface area (Å²) in [6.45, 7) is 5.79. The number of nitrogens with zero attached hydrogens (tertiary/aromatic N) is 1. The summed E-state index contributed by atoms with van der Waals surface area (Å²) in [5.41, 5.74) is 2.39. The molecule has 2 aromatic rings. The van der Waals surface area contributed by atoms with Crippen LogP contribution in [0.15, 0.2) is 70.0 Å². The Morgan fingerprint density at radius 2 is 1.67 bits per heavy atom. The molecule has 0 spiro atoms. The molecule has 6 heteroatoms. The largest absolute Gasteiger partial charge is 0.440 e. The molecule has 0 saturated heterocycles. The molecule has 1 atom stereocenters. The van der Waals surface area contributed by atoms with E-state index in [-0.39, 0.29) is 16.7 Å². The van der Waals surface area contributed by atoms with Gasteiger partial charge in [0.15, 0.2) is 0 Å². The number of methoxy groups -OCH3 is 1. The molecule has 0 N–H and O–H groups in total. The smallest absolute Gasteiger partial charge is 0.285 e. The van der Waals surface area contributed by atoms with Gasteiger partial charge >= 0.3 is 0 Å². The Hall–Kier alpha value is -2.44. The van der Waals surface area contributed by atoms with Crippen LogP contribution in [0.2, 0.25) is 0 Å². The number of ether oxygens (including phenoxy) is 2. The minimum atomic E-state index is -3.92. The van der Waals surface area contributed by atoms with E-state index in [0.717, 1.165) is 11.1 Å². The van der Waals surface area contributed by atoms with Crippen LogP contribution < -0.4 is 0 Å². The fraction of sp³-hybridized carbons (Fsp3) is 0.286. The minimum absolute atomic E-state index is 0.0392. The number of hydrogen-bond donors (Lipinski definition) is 0. The van der Waals surface area contributed by atoms with Crippen LogP contribution in [-0.2, 0) is 19.5 Å². The normalized spacial score (nSPS) is 21.4. The maximum absolute atomic E-state index is 12.8. The van der Waals surface area contributed by atoms with Gasteiger partial charge in [-0.3, -0.25) is 0 Å². The molecule has 5 nitrogen and oxygen atoms in total. The molecule has 1 heterocycles. The average molecular weight is 385 g/mol. The number of aryl methyl sites for hydroxylation is 1. The Kier molecular flexibility index (Phi) is 5.22.